The molecule has 0 aliphatic carbocycles. The van der Waals surface area contributed by atoms with Crippen molar-refractivity contribution < 1.29 is 13.2 Å². The number of hydrogen-bond acceptors (Lipinski definition) is 3. The van der Waals surface area contributed by atoms with Crippen LogP contribution < -0.4 is 5.43 Å². The quantitative estimate of drug-likeness (QED) is 0.640. The van der Waals surface area contributed by atoms with E-state index in [0.29, 0.717) is 5.76 Å². The average Bonchev–Trinajstić information content (AvgIpc) is 2.74. The largest absolute Gasteiger partial charge is 0.463 e. The lowest BCUT2D eigenvalue weighted by molar-refractivity contribution is 0.560. The van der Waals surface area contributed by atoms with Crippen LogP contribution in [-0.2, 0) is 0 Å². The van der Waals surface area contributed by atoms with Gasteiger partial charge < -0.3 is 4.42 Å². The van der Waals surface area contributed by atoms with Crippen molar-refractivity contribution in [1.29, 1.82) is 0 Å². The molecular formula is C11H8F2N2O. The summed E-state index contributed by atoms with van der Waals surface area (Å²) in [5.74, 6) is -0.787. The van der Waals surface area contributed by atoms with Gasteiger partial charge in [-0.2, -0.15) is 5.10 Å². The minimum absolute atomic E-state index is 0.101. The monoisotopic (exact) mass is 222 g/mol. The van der Waals surface area contributed by atoms with Crippen molar-refractivity contribution >= 4 is 11.9 Å². The molecule has 2 aromatic rings. The van der Waals surface area contributed by atoms with Gasteiger partial charge in [-0.1, -0.05) is 0 Å². The SMILES string of the molecule is Fc1ccc(N/N=C\c2ccco2)c(F)c1. The number of benzene rings is 1. The fourth-order valence-corrected chi connectivity index (χ4v) is 1.11. The molecule has 0 saturated heterocycles. The lowest BCUT2D eigenvalue weighted by Gasteiger charge is -2.00. The van der Waals surface area contributed by atoms with Crippen molar-refractivity contribution in [2.45, 2.75) is 0 Å². The smallest absolute Gasteiger partial charge is 0.151 e. The van der Waals surface area contributed by atoms with Gasteiger partial charge in [0.25, 0.3) is 0 Å². The second-order valence-corrected chi connectivity index (χ2v) is 3.01. The summed E-state index contributed by atoms with van der Waals surface area (Å²) in [6.07, 6.45) is 2.89. The Bertz CT molecular complexity index is 495. The zero-order valence-corrected chi connectivity index (χ0v) is 8.15. The molecule has 1 aromatic carbocycles. The number of furan rings is 1. The second kappa shape index (κ2) is 4.57. The zero-order valence-electron chi connectivity index (χ0n) is 8.15. The van der Waals surface area contributed by atoms with Gasteiger partial charge in [-0.15, -0.1) is 0 Å². The summed E-state index contributed by atoms with van der Waals surface area (Å²) in [5.41, 5.74) is 2.55. The van der Waals surface area contributed by atoms with Crippen LogP contribution in [0.2, 0.25) is 0 Å². The summed E-state index contributed by atoms with van der Waals surface area (Å²) < 4.78 is 30.7. The molecule has 2 rings (SSSR count). The first-order valence-corrected chi connectivity index (χ1v) is 4.53. The molecule has 0 radical (unpaired) electrons. The Morgan fingerprint density at radius 2 is 2.12 bits per heavy atom. The summed E-state index contributed by atoms with van der Waals surface area (Å²) in [5, 5.41) is 3.74. The number of rotatable bonds is 3. The van der Waals surface area contributed by atoms with E-state index in [-0.39, 0.29) is 5.69 Å². The van der Waals surface area contributed by atoms with E-state index in [1.807, 2.05) is 0 Å². The molecule has 16 heavy (non-hydrogen) atoms. The highest BCUT2D eigenvalue weighted by molar-refractivity contribution is 5.76. The summed E-state index contributed by atoms with van der Waals surface area (Å²) in [6.45, 7) is 0. The molecule has 82 valence electrons. The molecule has 5 heteroatoms. The van der Waals surface area contributed by atoms with Crippen LogP contribution in [0.3, 0.4) is 0 Å². The van der Waals surface area contributed by atoms with E-state index in [9.17, 15) is 8.78 Å². The van der Waals surface area contributed by atoms with Crippen LogP contribution in [0.15, 0.2) is 46.1 Å². The predicted molar refractivity (Wildman–Crippen MR) is 56.3 cm³/mol. The van der Waals surface area contributed by atoms with Crippen LogP contribution in [0.5, 0.6) is 0 Å². The Hall–Kier alpha value is -2.17. The second-order valence-electron chi connectivity index (χ2n) is 3.01. The molecule has 3 nitrogen and oxygen atoms in total. The molecule has 0 saturated carbocycles. The van der Waals surface area contributed by atoms with Crippen molar-refractivity contribution in [2.75, 3.05) is 5.43 Å². The van der Waals surface area contributed by atoms with Crippen molar-refractivity contribution in [1.82, 2.24) is 0 Å². The van der Waals surface area contributed by atoms with Gasteiger partial charge >= 0.3 is 0 Å². The predicted octanol–water partition coefficient (Wildman–Crippen LogP) is 3.00. The number of nitrogens with zero attached hydrogens (tertiary/aromatic N) is 1. The highest BCUT2D eigenvalue weighted by Crippen LogP contribution is 2.14. The van der Waals surface area contributed by atoms with E-state index in [4.69, 9.17) is 4.42 Å². The van der Waals surface area contributed by atoms with Crippen molar-refractivity contribution in [3.05, 3.63) is 54.0 Å². The molecule has 0 amide bonds. The van der Waals surface area contributed by atoms with E-state index in [1.54, 1.807) is 12.1 Å². The summed E-state index contributed by atoms with van der Waals surface area (Å²) in [4.78, 5) is 0. The van der Waals surface area contributed by atoms with Gasteiger partial charge in [0.2, 0.25) is 0 Å². The van der Waals surface area contributed by atoms with E-state index in [1.165, 1.54) is 18.5 Å². The molecule has 1 N–H and O–H groups in total. The number of hydrazone groups is 1. The van der Waals surface area contributed by atoms with Crippen molar-refractivity contribution in [2.24, 2.45) is 5.10 Å². The Balaban J connectivity index is 2.05. The third-order valence-corrected chi connectivity index (χ3v) is 1.85. The van der Waals surface area contributed by atoms with E-state index in [2.05, 4.69) is 10.5 Å². The van der Waals surface area contributed by atoms with Crippen molar-refractivity contribution in [3.63, 3.8) is 0 Å². The number of halogens is 2. The molecular weight excluding hydrogens is 214 g/mol. The Labute approximate surface area is 90.4 Å². The average molecular weight is 222 g/mol. The van der Waals surface area contributed by atoms with E-state index in [0.717, 1.165) is 12.1 Å². The van der Waals surface area contributed by atoms with Gasteiger partial charge in [0, 0.05) is 6.07 Å². The minimum atomic E-state index is -0.698. The van der Waals surface area contributed by atoms with E-state index >= 15 is 0 Å². The van der Waals surface area contributed by atoms with Crippen LogP contribution in [0.25, 0.3) is 0 Å². The van der Waals surface area contributed by atoms with Crippen LogP contribution in [-0.4, -0.2) is 6.21 Å². The summed E-state index contributed by atoms with van der Waals surface area (Å²) in [6, 6.07) is 6.61. The number of nitrogens with one attached hydrogen (secondary N) is 1. The van der Waals surface area contributed by atoms with Gasteiger partial charge in [-0.25, -0.2) is 8.78 Å². The first-order valence-electron chi connectivity index (χ1n) is 4.53. The molecule has 0 unspecified atom stereocenters. The summed E-state index contributed by atoms with van der Waals surface area (Å²) in [7, 11) is 0. The third kappa shape index (κ3) is 2.44. The summed E-state index contributed by atoms with van der Waals surface area (Å²) >= 11 is 0. The van der Waals surface area contributed by atoms with Gasteiger partial charge in [-0.05, 0) is 24.3 Å². The van der Waals surface area contributed by atoms with Crippen LogP contribution in [0, 0.1) is 11.6 Å². The molecule has 0 aliphatic heterocycles. The normalized spacial score (nSPS) is 10.9. The molecule has 0 aliphatic rings. The van der Waals surface area contributed by atoms with Gasteiger partial charge in [-0.3, -0.25) is 5.43 Å². The number of anilines is 1. The fraction of sp³-hybridized carbons (Fsp3) is 0. The maximum absolute atomic E-state index is 13.1. The minimum Gasteiger partial charge on any atom is -0.463 e. The Kier molecular flexibility index (Phi) is 2.95. The van der Waals surface area contributed by atoms with Gasteiger partial charge in [0.15, 0.2) is 5.82 Å². The van der Waals surface area contributed by atoms with Crippen LogP contribution >= 0.6 is 0 Å². The zero-order chi connectivity index (χ0) is 11.4. The molecule has 0 fully saturated rings. The fourth-order valence-electron chi connectivity index (χ4n) is 1.11. The topological polar surface area (TPSA) is 37.5 Å². The Morgan fingerprint density at radius 3 is 2.81 bits per heavy atom. The highest BCUT2D eigenvalue weighted by Gasteiger charge is 2.01. The first-order chi connectivity index (χ1) is 7.75. The van der Waals surface area contributed by atoms with Crippen molar-refractivity contribution in [3.8, 4) is 0 Å². The van der Waals surface area contributed by atoms with Gasteiger partial charge in [0.1, 0.15) is 11.6 Å². The maximum atomic E-state index is 13.1. The highest BCUT2D eigenvalue weighted by atomic mass is 19.1. The lowest BCUT2D eigenvalue weighted by Crippen LogP contribution is -1.93. The van der Waals surface area contributed by atoms with Crippen LogP contribution in [0.4, 0.5) is 14.5 Å². The number of hydrogen-bond donors (Lipinski definition) is 1. The van der Waals surface area contributed by atoms with E-state index < -0.39 is 11.6 Å². The molecule has 1 aromatic heterocycles. The lowest BCUT2D eigenvalue weighted by atomic mass is 10.3. The Morgan fingerprint density at radius 1 is 1.25 bits per heavy atom. The van der Waals surface area contributed by atoms with Crippen LogP contribution in [0.1, 0.15) is 5.76 Å². The molecule has 0 atom stereocenters. The maximum Gasteiger partial charge on any atom is 0.151 e. The standard InChI is InChI=1S/C11H8F2N2O/c12-8-3-4-11(10(13)6-8)15-14-7-9-2-1-5-16-9/h1-7,15H/b14-7-. The van der Waals surface area contributed by atoms with Gasteiger partial charge in [0.05, 0.1) is 18.2 Å². The molecule has 0 bridgehead atoms. The molecule has 0 spiro atoms. The first kappa shape index (κ1) is 10.4. The third-order valence-electron chi connectivity index (χ3n) is 1.85. The molecule has 1 heterocycles.